The van der Waals surface area contributed by atoms with Crippen LogP contribution in [0, 0.1) is 0 Å². The molecule has 0 bridgehead atoms. The molecule has 1 aliphatic rings. The van der Waals surface area contributed by atoms with Crippen LogP contribution in [0.15, 0.2) is 18.2 Å². The molecule has 17 heavy (non-hydrogen) atoms. The molecule has 0 radical (unpaired) electrons. The van der Waals surface area contributed by atoms with Gasteiger partial charge in [0.05, 0.1) is 27.2 Å². The van der Waals surface area contributed by atoms with E-state index in [2.05, 4.69) is 5.32 Å². The molecule has 0 amide bonds. The van der Waals surface area contributed by atoms with Gasteiger partial charge in [-0.05, 0) is 25.0 Å². The minimum atomic E-state index is -2.93. The Morgan fingerprint density at radius 1 is 1.24 bits per heavy atom. The van der Waals surface area contributed by atoms with Gasteiger partial charge in [-0.15, -0.1) is 0 Å². The van der Waals surface area contributed by atoms with Crippen LogP contribution in [0.3, 0.4) is 0 Å². The van der Waals surface area contributed by atoms with Crippen LogP contribution >= 0.6 is 23.2 Å². The number of nitrogens with one attached hydrogen (secondary N) is 1. The Kier molecular flexibility index (Phi) is 3.85. The fourth-order valence-corrected chi connectivity index (χ4v) is 4.12. The summed E-state index contributed by atoms with van der Waals surface area (Å²) in [7, 11) is -2.93. The summed E-state index contributed by atoms with van der Waals surface area (Å²) in [6.45, 7) is 0. The van der Waals surface area contributed by atoms with Crippen molar-refractivity contribution in [1.29, 1.82) is 0 Å². The quantitative estimate of drug-likeness (QED) is 0.912. The number of halogens is 2. The number of rotatable bonds is 2. The molecular weight excluding hydrogens is 281 g/mol. The van der Waals surface area contributed by atoms with Gasteiger partial charge >= 0.3 is 0 Å². The zero-order valence-corrected chi connectivity index (χ0v) is 11.4. The van der Waals surface area contributed by atoms with E-state index in [1.807, 2.05) is 0 Å². The Bertz CT molecular complexity index is 496. The molecular formula is C11H13Cl2NO2S. The van der Waals surface area contributed by atoms with Crippen molar-refractivity contribution in [3.63, 3.8) is 0 Å². The molecule has 1 N–H and O–H groups in total. The van der Waals surface area contributed by atoms with E-state index < -0.39 is 9.84 Å². The Morgan fingerprint density at radius 2 is 1.88 bits per heavy atom. The topological polar surface area (TPSA) is 46.2 Å². The minimum Gasteiger partial charge on any atom is -0.379 e. The van der Waals surface area contributed by atoms with Crippen LogP contribution in [0.2, 0.25) is 10.0 Å². The van der Waals surface area contributed by atoms with Crippen molar-refractivity contribution >= 4 is 38.7 Å². The molecule has 0 aromatic heterocycles. The minimum absolute atomic E-state index is 0.105. The summed E-state index contributed by atoms with van der Waals surface area (Å²) in [4.78, 5) is 0. The molecule has 1 unspecified atom stereocenters. The lowest BCUT2D eigenvalue weighted by molar-refractivity contribution is 0.562. The molecule has 6 heteroatoms. The third kappa shape index (κ3) is 3.27. The molecule has 1 aromatic rings. The summed E-state index contributed by atoms with van der Waals surface area (Å²) in [5, 5.41) is 4.16. The molecule has 0 aliphatic carbocycles. The van der Waals surface area contributed by atoms with Crippen LogP contribution in [0.4, 0.5) is 5.69 Å². The van der Waals surface area contributed by atoms with Gasteiger partial charge in [0.15, 0.2) is 9.84 Å². The van der Waals surface area contributed by atoms with Crippen molar-refractivity contribution in [3.05, 3.63) is 28.2 Å². The maximum absolute atomic E-state index is 11.5. The van der Waals surface area contributed by atoms with Crippen LogP contribution < -0.4 is 5.32 Å². The Morgan fingerprint density at radius 3 is 2.47 bits per heavy atom. The molecule has 0 spiro atoms. The molecule has 0 saturated carbocycles. The van der Waals surface area contributed by atoms with E-state index >= 15 is 0 Å². The lowest BCUT2D eigenvalue weighted by Crippen LogP contribution is -2.34. The normalized spacial score (nSPS) is 23.3. The van der Waals surface area contributed by atoms with Gasteiger partial charge in [-0.2, -0.15) is 0 Å². The van der Waals surface area contributed by atoms with Crippen molar-refractivity contribution in [1.82, 2.24) is 0 Å². The maximum atomic E-state index is 11.5. The summed E-state index contributed by atoms with van der Waals surface area (Å²) in [5.41, 5.74) is 0.623. The van der Waals surface area contributed by atoms with E-state index in [0.717, 1.165) is 6.42 Å². The van der Waals surface area contributed by atoms with Crippen molar-refractivity contribution in [3.8, 4) is 0 Å². The van der Waals surface area contributed by atoms with Gasteiger partial charge in [0.25, 0.3) is 0 Å². The first-order valence-corrected chi connectivity index (χ1v) is 7.97. The number of sulfone groups is 1. The van der Waals surface area contributed by atoms with Crippen LogP contribution in [0.25, 0.3) is 0 Å². The van der Waals surface area contributed by atoms with Gasteiger partial charge in [0, 0.05) is 6.04 Å². The predicted molar refractivity (Wildman–Crippen MR) is 71.8 cm³/mol. The van der Waals surface area contributed by atoms with Gasteiger partial charge in [-0.3, -0.25) is 0 Å². The van der Waals surface area contributed by atoms with Gasteiger partial charge in [-0.25, -0.2) is 8.42 Å². The van der Waals surface area contributed by atoms with E-state index in [1.54, 1.807) is 18.2 Å². The molecule has 1 aliphatic heterocycles. The number of hydrogen-bond acceptors (Lipinski definition) is 3. The van der Waals surface area contributed by atoms with Gasteiger partial charge in [-0.1, -0.05) is 29.3 Å². The Hall–Kier alpha value is -0.450. The Balaban J connectivity index is 2.16. The largest absolute Gasteiger partial charge is 0.379 e. The fourth-order valence-electron chi connectivity index (χ4n) is 1.98. The van der Waals surface area contributed by atoms with Crippen LogP contribution in [-0.2, 0) is 9.84 Å². The molecule has 1 heterocycles. The highest BCUT2D eigenvalue weighted by Gasteiger charge is 2.25. The highest BCUT2D eigenvalue weighted by molar-refractivity contribution is 7.91. The average Bonchev–Trinajstić information content (AvgIpc) is 2.22. The van der Waals surface area contributed by atoms with E-state index in [4.69, 9.17) is 23.2 Å². The number of benzene rings is 1. The lowest BCUT2D eigenvalue weighted by atomic mass is 10.1. The monoisotopic (exact) mass is 293 g/mol. The fraction of sp³-hybridized carbons (Fsp3) is 0.455. The number of para-hydroxylation sites is 1. The van der Waals surface area contributed by atoms with Crippen molar-refractivity contribution in [2.24, 2.45) is 0 Å². The smallest absolute Gasteiger partial charge is 0.152 e. The Labute approximate surface area is 111 Å². The summed E-state index contributed by atoms with van der Waals surface area (Å²) in [6.07, 6.45) is 1.50. The predicted octanol–water partition coefficient (Wildman–Crippen LogP) is 2.98. The van der Waals surface area contributed by atoms with E-state index in [-0.39, 0.29) is 17.5 Å². The molecule has 1 saturated heterocycles. The molecule has 1 atom stereocenters. The summed E-state index contributed by atoms with van der Waals surface area (Å²) < 4.78 is 23.0. The van der Waals surface area contributed by atoms with Crippen molar-refractivity contribution in [2.45, 2.75) is 18.9 Å². The molecule has 3 nitrogen and oxygen atoms in total. The lowest BCUT2D eigenvalue weighted by Gasteiger charge is -2.25. The maximum Gasteiger partial charge on any atom is 0.152 e. The van der Waals surface area contributed by atoms with Gasteiger partial charge in [0.2, 0.25) is 0 Å². The first kappa shape index (κ1) is 13.0. The molecule has 1 fully saturated rings. The van der Waals surface area contributed by atoms with E-state index in [9.17, 15) is 8.42 Å². The third-order valence-electron chi connectivity index (χ3n) is 2.77. The van der Waals surface area contributed by atoms with Gasteiger partial charge < -0.3 is 5.32 Å². The number of anilines is 1. The van der Waals surface area contributed by atoms with Crippen LogP contribution in [0.1, 0.15) is 12.8 Å². The highest BCUT2D eigenvalue weighted by atomic mass is 35.5. The third-order valence-corrected chi connectivity index (χ3v) is 5.23. The molecule has 2 rings (SSSR count). The zero-order chi connectivity index (χ0) is 12.5. The van der Waals surface area contributed by atoms with Crippen molar-refractivity contribution < 1.29 is 8.42 Å². The number of hydrogen-bond donors (Lipinski definition) is 1. The second-order valence-corrected chi connectivity index (χ2v) is 7.24. The zero-order valence-electron chi connectivity index (χ0n) is 9.12. The first-order chi connectivity index (χ1) is 7.98. The second-order valence-electron chi connectivity index (χ2n) is 4.19. The summed E-state index contributed by atoms with van der Waals surface area (Å²) in [6, 6.07) is 5.11. The van der Waals surface area contributed by atoms with Crippen LogP contribution in [0.5, 0.6) is 0 Å². The molecule has 1 aromatic carbocycles. The average molecular weight is 294 g/mol. The standard InChI is InChI=1S/C11H13Cl2NO2S/c12-9-4-1-5-10(13)11(9)14-8-3-2-6-17(15,16)7-8/h1,4-5,8,14H,2-3,6-7H2. The molecule has 94 valence electrons. The van der Waals surface area contributed by atoms with Crippen molar-refractivity contribution in [2.75, 3.05) is 16.8 Å². The summed E-state index contributed by atoms with van der Waals surface area (Å²) in [5.74, 6) is 0.427. The first-order valence-electron chi connectivity index (χ1n) is 5.39. The van der Waals surface area contributed by atoms with E-state index in [1.165, 1.54) is 0 Å². The second kappa shape index (κ2) is 5.04. The SMILES string of the molecule is O=S1(=O)CCCC(Nc2c(Cl)cccc2Cl)C1. The van der Waals surface area contributed by atoms with E-state index in [0.29, 0.717) is 22.2 Å². The van der Waals surface area contributed by atoms with Gasteiger partial charge in [0.1, 0.15) is 0 Å². The highest BCUT2D eigenvalue weighted by Crippen LogP contribution is 2.31. The van der Waals surface area contributed by atoms with Crippen LogP contribution in [-0.4, -0.2) is 26.0 Å². The summed E-state index contributed by atoms with van der Waals surface area (Å²) >= 11 is 12.0.